The number of carbonyl (C=O) groups is 1. The lowest BCUT2D eigenvalue weighted by atomic mass is 9.92. The van der Waals surface area contributed by atoms with Gasteiger partial charge in [-0.15, -0.1) is 11.3 Å². The molecule has 1 aromatic carbocycles. The lowest BCUT2D eigenvalue weighted by Crippen LogP contribution is -2.25. The Morgan fingerprint density at radius 2 is 2.00 bits per heavy atom. The maximum atomic E-state index is 12.0. The summed E-state index contributed by atoms with van der Waals surface area (Å²) in [4.78, 5) is 12.8. The van der Waals surface area contributed by atoms with Gasteiger partial charge in [0.1, 0.15) is 5.76 Å². The fraction of sp³-hybridized carbons (Fsp3) is 0.211. The van der Waals surface area contributed by atoms with E-state index in [0.717, 1.165) is 17.1 Å². The average Bonchev–Trinajstić information content (AvgIpc) is 3.26. The second-order valence-electron chi connectivity index (χ2n) is 5.50. The first kappa shape index (κ1) is 15.6. The second kappa shape index (κ2) is 7.29. The first-order chi connectivity index (χ1) is 11.2. The number of hydrogen-bond acceptors (Lipinski definition) is 3. The van der Waals surface area contributed by atoms with E-state index in [1.54, 1.807) is 6.26 Å². The van der Waals surface area contributed by atoms with Crippen molar-refractivity contribution in [2.75, 3.05) is 6.54 Å². The van der Waals surface area contributed by atoms with Crippen LogP contribution in [0.5, 0.6) is 0 Å². The van der Waals surface area contributed by atoms with E-state index in [1.165, 1.54) is 22.5 Å². The van der Waals surface area contributed by atoms with E-state index in [9.17, 15) is 4.79 Å². The Morgan fingerprint density at radius 3 is 2.65 bits per heavy atom. The summed E-state index contributed by atoms with van der Waals surface area (Å²) >= 11 is 1.46. The van der Waals surface area contributed by atoms with Gasteiger partial charge in [0.25, 0.3) is 5.91 Å². The summed E-state index contributed by atoms with van der Waals surface area (Å²) in [6, 6.07) is 16.1. The molecule has 0 saturated heterocycles. The van der Waals surface area contributed by atoms with E-state index in [-0.39, 0.29) is 11.8 Å². The molecule has 0 fully saturated rings. The fourth-order valence-electron chi connectivity index (χ4n) is 2.59. The lowest BCUT2D eigenvalue weighted by molar-refractivity contribution is 0.0956. The number of hydrogen-bond donors (Lipinski definition) is 1. The van der Waals surface area contributed by atoms with Crippen molar-refractivity contribution >= 4 is 17.2 Å². The Kier molecular flexibility index (Phi) is 4.93. The number of amides is 1. The summed E-state index contributed by atoms with van der Waals surface area (Å²) in [5.74, 6) is 1.07. The van der Waals surface area contributed by atoms with Crippen LogP contribution in [-0.4, -0.2) is 12.5 Å². The first-order valence-corrected chi connectivity index (χ1v) is 8.53. The maximum absolute atomic E-state index is 12.0. The molecule has 1 amide bonds. The highest BCUT2D eigenvalue weighted by molar-refractivity contribution is 7.12. The van der Waals surface area contributed by atoms with Gasteiger partial charge in [-0.1, -0.05) is 35.9 Å². The van der Waals surface area contributed by atoms with E-state index in [4.69, 9.17) is 4.42 Å². The highest BCUT2D eigenvalue weighted by atomic mass is 32.1. The van der Waals surface area contributed by atoms with Gasteiger partial charge in [0.15, 0.2) is 0 Å². The highest BCUT2D eigenvalue weighted by Gasteiger charge is 2.17. The number of furan rings is 1. The Balaban J connectivity index is 1.67. The van der Waals surface area contributed by atoms with Gasteiger partial charge in [-0.25, -0.2) is 0 Å². The topological polar surface area (TPSA) is 42.2 Å². The zero-order valence-electron chi connectivity index (χ0n) is 13.0. The molecular weight excluding hydrogens is 306 g/mol. The minimum atomic E-state index is -0.0119. The molecular formula is C19H19NO2S. The third-order valence-electron chi connectivity index (χ3n) is 3.83. The van der Waals surface area contributed by atoms with Gasteiger partial charge in [-0.2, -0.15) is 0 Å². The summed E-state index contributed by atoms with van der Waals surface area (Å²) in [5, 5.41) is 4.90. The largest absolute Gasteiger partial charge is 0.469 e. The van der Waals surface area contributed by atoms with Crippen molar-refractivity contribution in [2.45, 2.75) is 19.3 Å². The van der Waals surface area contributed by atoms with Crippen LogP contribution in [0.25, 0.3) is 0 Å². The predicted octanol–water partition coefficient (Wildman–Crippen LogP) is 4.60. The molecule has 0 aliphatic carbocycles. The normalized spacial score (nSPS) is 12.0. The van der Waals surface area contributed by atoms with Gasteiger partial charge in [0, 0.05) is 12.5 Å². The Morgan fingerprint density at radius 1 is 1.17 bits per heavy atom. The van der Waals surface area contributed by atoms with Crippen LogP contribution in [0.1, 0.15) is 38.9 Å². The predicted molar refractivity (Wildman–Crippen MR) is 93.0 cm³/mol. The van der Waals surface area contributed by atoms with Crippen molar-refractivity contribution in [3.63, 3.8) is 0 Å². The molecule has 3 rings (SSSR count). The van der Waals surface area contributed by atoms with E-state index in [2.05, 4.69) is 36.5 Å². The summed E-state index contributed by atoms with van der Waals surface area (Å²) in [5.41, 5.74) is 2.44. The summed E-state index contributed by atoms with van der Waals surface area (Å²) in [6.07, 6.45) is 2.49. The minimum Gasteiger partial charge on any atom is -0.469 e. The molecule has 0 spiro atoms. The molecule has 0 saturated carbocycles. The SMILES string of the molecule is Cc1ccc([C@H](CCNC(=O)c2cccs2)c2ccco2)cc1. The molecule has 0 aliphatic rings. The molecule has 2 aromatic heterocycles. The van der Waals surface area contributed by atoms with Gasteiger partial charge in [-0.05, 0) is 42.5 Å². The van der Waals surface area contributed by atoms with Crippen molar-refractivity contribution in [3.05, 3.63) is 81.9 Å². The third kappa shape index (κ3) is 3.90. The second-order valence-corrected chi connectivity index (χ2v) is 6.45. The van der Waals surface area contributed by atoms with Crippen molar-refractivity contribution in [3.8, 4) is 0 Å². The molecule has 2 heterocycles. The number of nitrogens with one attached hydrogen (secondary N) is 1. The first-order valence-electron chi connectivity index (χ1n) is 7.65. The Hall–Kier alpha value is -2.33. The standard InChI is InChI=1S/C19H19NO2S/c1-14-6-8-15(9-7-14)16(17-4-2-12-22-17)10-11-20-19(21)18-5-3-13-23-18/h2-9,12-13,16H,10-11H2,1H3,(H,20,21)/t16-/m0/s1. The van der Waals surface area contributed by atoms with Gasteiger partial charge >= 0.3 is 0 Å². The Labute approximate surface area is 140 Å². The zero-order valence-corrected chi connectivity index (χ0v) is 13.8. The highest BCUT2D eigenvalue weighted by Crippen LogP contribution is 2.28. The number of aryl methyl sites for hydroxylation is 1. The molecule has 0 bridgehead atoms. The van der Waals surface area contributed by atoms with Crippen LogP contribution in [0, 0.1) is 6.92 Å². The molecule has 118 valence electrons. The van der Waals surface area contributed by atoms with E-state index >= 15 is 0 Å². The van der Waals surface area contributed by atoms with Crippen LogP contribution in [0.2, 0.25) is 0 Å². The number of benzene rings is 1. The number of carbonyl (C=O) groups excluding carboxylic acids is 1. The third-order valence-corrected chi connectivity index (χ3v) is 4.70. The van der Waals surface area contributed by atoms with Crippen LogP contribution in [0.4, 0.5) is 0 Å². The molecule has 3 nitrogen and oxygen atoms in total. The summed E-state index contributed by atoms with van der Waals surface area (Å²) in [7, 11) is 0. The number of thiophene rings is 1. The molecule has 1 atom stereocenters. The van der Waals surface area contributed by atoms with E-state index in [1.807, 2.05) is 29.6 Å². The van der Waals surface area contributed by atoms with Crippen LogP contribution in [0.3, 0.4) is 0 Å². The van der Waals surface area contributed by atoms with Crippen molar-refractivity contribution in [1.82, 2.24) is 5.32 Å². The fourth-order valence-corrected chi connectivity index (χ4v) is 3.23. The van der Waals surface area contributed by atoms with Crippen molar-refractivity contribution < 1.29 is 9.21 Å². The molecule has 0 aliphatic heterocycles. The van der Waals surface area contributed by atoms with Crippen LogP contribution < -0.4 is 5.32 Å². The van der Waals surface area contributed by atoms with E-state index < -0.39 is 0 Å². The average molecular weight is 325 g/mol. The number of rotatable bonds is 6. The quantitative estimate of drug-likeness (QED) is 0.719. The summed E-state index contributed by atoms with van der Waals surface area (Å²) in [6.45, 7) is 2.68. The maximum Gasteiger partial charge on any atom is 0.261 e. The molecule has 3 aromatic rings. The Bertz CT molecular complexity index is 730. The van der Waals surface area contributed by atoms with Crippen molar-refractivity contribution in [2.24, 2.45) is 0 Å². The summed E-state index contributed by atoms with van der Waals surface area (Å²) < 4.78 is 5.60. The zero-order chi connectivity index (χ0) is 16.1. The molecule has 1 N–H and O–H groups in total. The van der Waals surface area contributed by atoms with Gasteiger partial charge in [0.2, 0.25) is 0 Å². The minimum absolute atomic E-state index is 0.0119. The lowest BCUT2D eigenvalue weighted by Gasteiger charge is -2.16. The van der Waals surface area contributed by atoms with Crippen LogP contribution >= 0.6 is 11.3 Å². The van der Waals surface area contributed by atoms with Crippen LogP contribution in [0.15, 0.2) is 64.6 Å². The van der Waals surface area contributed by atoms with Crippen LogP contribution in [-0.2, 0) is 0 Å². The molecule has 0 radical (unpaired) electrons. The molecule has 0 unspecified atom stereocenters. The van der Waals surface area contributed by atoms with E-state index in [0.29, 0.717) is 6.54 Å². The van der Waals surface area contributed by atoms with Crippen molar-refractivity contribution in [1.29, 1.82) is 0 Å². The van der Waals surface area contributed by atoms with Gasteiger partial charge in [0.05, 0.1) is 11.1 Å². The van der Waals surface area contributed by atoms with Gasteiger partial charge < -0.3 is 9.73 Å². The smallest absolute Gasteiger partial charge is 0.261 e. The molecule has 23 heavy (non-hydrogen) atoms. The molecule has 4 heteroatoms. The monoisotopic (exact) mass is 325 g/mol. The van der Waals surface area contributed by atoms with Gasteiger partial charge in [-0.3, -0.25) is 4.79 Å².